The second kappa shape index (κ2) is 6.80. The monoisotopic (exact) mass is 343 g/mol. The first-order valence-electron chi connectivity index (χ1n) is 7.74. The number of ether oxygens (including phenoxy) is 2. The van der Waals surface area contributed by atoms with E-state index in [1.165, 1.54) is 19.4 Å². The number of carbonyl (C=O) groups excluding carboxylic acids is 1. The zero-order valence-corrected chi connectivity index (χ0v) is 14.1. The highest BCUT2D eigenvalue weighted by atomic mass is 16.5. The SMILES string of the molecule is CCc1cc(=O)oc2cc(C)cc(OCc3nc(C(=O)OC)co3)c12. The molecule has 7 nitrogen and oxygen atoms in total. The lowest BCUT2D eigenvalue weighted by Gasteiger charge is -2.11. The molecule has 3 aromatic rings. The van der Waals surface area contributed by atoms with Gasteiger partial charge in [-0.25, -0.2) is 14.6 Å². The summed E-state index contributed by atoms with van der Waals surface area (Å²) in [6.45, 7) is 3.86. The number of methoxy groups -OCH3 is 1. The smallest absolute Gasteiger partial charge is 0.360 e. The van der Waals surface area contributed by atoms with Crippen LogP contribution in [0.4, 0.5) is 0 Å². The Morgan fingerprint density at radius 2 is 2.08 bits per heavy atom. The van der Waals surface area contributed by atoms with Crippen molar-refractivity contribution in [1.29, 1.82) is 0 Å². The molecule has 3 rings (SSSR count). The molecule has 0 saturated carbocycles. The minimum atomic E-state index is -0.578. The lowest BCUT2D eigenvalue weighted by Crippen LogP contribution is -2.04. The van der Waals surface area contributed by atoms with Gasteiger partial charge in [0.15, 0.2) is 12.3 Å². The highest BCUT2D eigenvalue weighted by Crippen LogP contribution is 2.30. The second-order valence-corrected chi connectivity index (χ2v) is 5.49. The van der Waals surface area contributed by atoms with Crippen LogP contribution in [0.1, 0.15) is 34.4 Å². The van der Waals surface area contributed by atoms with Crippen LogP contribution >= 0.6 is 0 Å². The number of rotatable bonds is 5. The number of oxazole rings is 1. The molecule has 130 valence electrons. The van der Waals surface area contributed by atoms with Gasteiger partial charge in [0, 0.05) is 6.07 Å². The van der Waals surface area contributed by atoms with E-state index in [0.29, 0.717) is 17.8 Å². The van der Waals surface area contributed by atoms with Crippen LogP contribution in [-0.4, -0.2) is 18.1 Å². The van der Waals surface area contributed by atoms with Crippen molar-refractivity contribution in [2.24, 2.45) is 0 Å². The van der Waals surface area contributed by atoms with Gasteiger partial charge in [0.25, 0.3) is 0 Å². The van der Waals surface area contributed by atoms with Gasteiger partial charge < -0.3 is 18.3 Å². The van der Waals surface area contributed by atoms with E-state index >= 15 is 0 Å². The molecule has 2 aromatic heterocycles. The molecular weight excluding hydrogens is 326 g/mol. The van der Waals surface area contributed by atoms with Gasteiger partial charge in [0.2, 0.25) is 5.89 Å². The predicted molar refractivity (Wildman–Crippen MR) is 88.8 cm³/mol. The zero-order chi connectivity index (χ0) is 18.0. The molecule has 0 bridgehead atoms. The molecule has 0 aliphatic carbocycles. The van der Waals surface area contributed by atoms with Gasteiger partial charge in [-0.15, -0.1) is 0 Å². The summed E-state index contributed by atoms with van der Waals surface area (Å²) in [5, 5.41) is 0.743. The van der Waals surface area contributed by atoms with E-state index < -0.39 is 11.6 Å². The Kier molecular flexibility index (Phi) is 4.56. The van der Waals surface area contributed by atoms with Crippen LogP contribution in [0.2, 0.25) is 0 Å². The molecule has 0 radical (unpaired) electrons. The highest BCUT2D eigenvalue weighted by molar-refractivity contribution is 5.87. The van der Waals surface area contributed by atoms with Crippen molar-refractivity contribution in [2.45, 2.75) is 26.9 Å². The fourth-order valence-corrected chi connectivity index (χ4v) is 2.58. The van der Waals surface area contributed by atoms with Gasteiger partial charge in [-0.3, -0.25) is 0 Å². The molecule has 0 N–H and O–H groups in total. The molecule has 0 aliphatic heterocycles. The molecule has 1 aromatic carbocycles. The molecule has 7 heteroatoms. The van der Waals surface area contributed by atoms with E-state index in [4.69, 9.17) is 13.6 Å². The average Bonchev–Trinajstić information content (AvgIpc) is 3.06. The third kappa shape index (κ3) is 3.40. The number of fused-ring (bicyclic) bond motifs is 1. The van der Waals surface area contributed by atoms with Crippen molar-refractivity contribution >= 4 is 16.9 Å². The zero-order valence-electron chi connectivity index (χ0n) is 14.1. The number of esters is 1. The number of nitrogens with zero attached hydrogens (tertiary/aromatic N) is 1. The van der Waals surface area contributed by atoms with Crippen LogP contribution in [0.15, 0.2) is 38.1 Å². The Balaban J connectivity index is 1.94. The molecule has 0 amide bonds. The first-order valence-corrected chi connectivity index (χ1v) is 7.74. The number of aryl methyl sites for hydroxylation is 2. The van der Waals surface area contributed by atoms with Crippen LogP contribution in [0, 0.1) is 6.92 Å². The van der Waals surface area contributed by atoms with Gasteiger partial charge in [-0.05, 0) is 36.6 Å². The summed E-state index contributed by atoms with van der Waals surface area (Å²) in [5.41, 5.74) is 1.89. The molecule has 0 spiro atoms. The van der Waals surface area contributed by atoms with Crippen molar-refractivity contribution in [3.8, 4) is 5.75 Å². The Bertz CT molecular complexity index is 985. The van der Waals surface area contributed by atoms with Gasteiger partial charge in [0.05, 0.1) is 12.5 Å². The Morgan fingerprint density at radius 1 is 1.28 bits per heavy atom. The third-order valence-electron chi connectivity index (χ3n) is 3.71. The van der Waals surface area contributed by atoms with Crippen molar-refractivity contribution in [1.82, 2.24) is 4.98 Å². The fourth-order valence-electron chi connectivity index (χ4n) is 2.58. The van der Waals surface area contributed by atoms with E-state index in [1.54, 1.807) is 6.07 Å². The minimum absolute atomic E-state index is 0.0256. The van der Waals surface area contributed by atoms with Crippen molar-refractivity contribution < 1.29 is 23.1 Å². The van der Waals surface area contributed by atoms with E-state index in [-0.39, 0.29) is 18.2 Å². The molecule has 0 unspecified atom stereocenters. The van der Waals surface area contributed by atoms with E-state index in [2.05, 4.69) is 9.72 Å². The molecule has 0 aliphatic rings. The summed E-state index contributed by atoms with van der Waals surface area (Å²) < 4.78 is 20.9. The average molecular weight is 343 g/mol. The Morgan fingerprint density at radius 3 is 2.80 bits per heavy atom. The van der Waals surface area contributed by atoms with Crippen LogP contribution < -0.4 is 10.4 Å². The number of aromatic nitrogens is 1. The lowest BCUT2D eigenvalue weighted by atomic mass is 10.1. The predicted octanol–water partition coefficient (Wildman–Crippen LogP) is 3.02. The summed E-state index contributed by atoms with van der Waals surface area (Å²) in [6, 6.07) is 5.11. The lowest BCUT2D eigenvalue weighted by molar-refractivity contribution is 0.0594. The topological polar surface area (TPSA) is 91.8 Å². The molecule has 0 saturated heterocycles. The highest BCUT2D eigenvalue weighted by Gasteiger charge is 2.15. The summed E-state index contributed by atoms with van der Waals surface area (Å²) in [5.74, 6) is 0.227. The number of hydrogen-bond acceptors (Lipinski definition) is 7. The largest absolute Gasteiger partial charge is 0.483 e. The first-order chi connectivity index (χ1) is 12.0. The molecule has 25 heavy (non-hydrogen) atoms. The third-order valence-corrected chi connectivity index (χ3v) is 3.71. The van der Waals surface area contributed by atoms with Crippen LogP contribution in [0.3, 0.4) is 0 Å². The summed E-state index contributed by atoms with van der Waals surface area (Å²) >= 11 is 0. The van der Waals surface area contributed by atoms with Gasteiger partial charge in [-0.2, -0.15) is 0 Å². The molecule has 0 atom stereocenters. The number of hydrogen-bond donors (Lipinski definition) is 0. The van der Waals surface area contributed by atoms with Gasteiger partial charge >= 0.3 is 11.6 Å². The van der Waals surface area contributed by atoms with Crippen molar-refractivity contribution in [3.05, 3.63) is 57.6 Å². The van der Waals surface area contributed by atoms with E-state index in [1.807, 2.05) is 19.9 Å². The van der Waals surface area contributed by atoms with Crippen molar-refractivity contribution in [2.75, 3.05) is 7.11 Å². The molecular formula is C18H17NO6. The van der Waals surface area contributed by atoms with Crippen LogP contribution in [0.25, 0.3) is 11.0 Å². The molecule has 2 heterocycles. The number of carbonyl (C=O) groups is 1. The van der Waals surface area contributed by atoms with E-state index in [0.717, 1.165) is 16.5 Å². The maximum Gasteiger partial charge on any atom is 0.360 e. The van der Waals surface area contributed by atoms with Gasteiger partial charge in [0.1, 0.15) is 17.6 Å². The maximum atomic E-state index is 11.7. The summed E-state index contributed by atoms with van der Waals surface area (Å²) in [7, 11) is 1.27. The van der Waals surface area contributed by atoms with E-state index in [9.17, 15) is 9.59 Å². The normalized spacial score (nSPS) is 10.8. The van der Waals surface area contributed by atoms with Gasteiger partial charge in [-0.1, -0.05) is 6.92 Å². The summed E-state index contributed by atoms with van der Waals surface area (Å²) in [4.78, 5) is 27.1. The minimum Gasteiger partial charge on any atom is -0.483 e. The second-order valence-electron chi connectivity index (χ2n) is 5.49. The molecule has 0 fully saturated rings. The van der Waals surface area contributed by atoms with Crippen molar-refractivity contribution in [3.63, 3.8) is 0 Å². The van der Waals surface area contributed by atoms with Crippen LogP contribution in [0.5, 0.6) is 5.75 Å². The fraction of sp³-hybridized carbons (Fsp3) is 0.278. The first kappa shape index (κ1) is 16.8. The van der Waals surface area contributed by atoms with Crippen LogP contribution in [-0.2, 0) is 17.8 Å². The quantitative estimate of drug-likeness (QED) is 0.519. The number of benzene rings is 1. The Labute approximate surface area is 143 Å². The Hall–Kier alpha value is -3.09. The maximum absolute atomic E-state index is 11.7. The summed E-state index contributed by atoms with van der Waals surface area (Å²) in [6.07, 6.45) is 1.88. The standard InChI is InChI=1S/C18H17NO6/c1-4-11-7-16(20)25-14-6-10(2)5-13(17(11)14)23-9-15-19-12(8-24-15)18(21)22-3/h5-8H,4,9H2,1-3H3.